The molecule has 0 bridgehead atoms. The van der Waals surface area contributed by atoms with Crippen molar-refractivity contribution in [1.29, 1.82) is 0 Å². The minimum atomic E-state index is 0.621. The van der Waals surface area contributed by atoms with Crippen LogP contribution in [-0.4, -0.2) is 35.5 Å². The van der Waals surface area contributed by atoms with Crippen molar-refractivity contribution in [3.05, 3.63) is 76.9 Å². The first kappa shape index (κ1) is 23.3. The van der Waals surface area contributed by atoms with E-state index in [0.29, 0.717) is 17.2 Å². The van der Waals surface area contributed by atoms with E-state index in [1.165, 1.54) is 16.7 Å². The van der Waals surface area contributed by atoms with Crippen molar-refractivity contribution in [3.63, 3.8) is 0 Å². The Morgan fingerprint density at radius 1 is 0.438 bits per heavy atom. The summed E-state index contributed by atoms with van der Waals surface area (Å²) in [7, 11) is 8.22. The van der Waals surface area contributed by atoms with Crippen molar-refractivity contribution in [3.8, 4) is 28.7 Å². The normalized spacial score (nSPS) is 10.5. The highest BCUT2D eigenvalue weighted by atomic mass is 16.5. The molecule has 3 aromatic carbocycles. The molecule has 0 N–H and O–H groups in total. The molecule has 32 heavy (non-hydrogen) atoms. The summed E-state index contributed by atoms with van der Waals surface area (Å²) in [6.45, 7) is 0. The standard InChI is InChI=1S/C27H32O5/c1-28-23-14-13-21(16-24(23)29-2)10-9-19-7-6-8-20(15-19)11-12-22-17-25(30-3)27(32-5)26(18-22)31-4/h6-8,13-18H,9-12H2,1-5H3. The maximum absolute atomic E-state index is 5.47. The summed E-state index contributed by atoms with van der Waals surface area (Å²) in [4.78, 5) is 0. The predicted octanol–water partition coefficient (Wildman–Crippen LogP) is 5.30. The molecular formula is C27H32O5. The van der Waals surface area contributed by atoms with Crippen LogP contribution >= 0.6 is 0 Å². The first-order valence-corrected chi connectivity index (χ1v) is 10.7. The Morgan fingerprint density at radius 2 is 0.906 bits per heavy atom. The summed E-state index contributed by atoms with van der Waals surface area (Å²) < 4.78 is 27.1. The van der Waals surface area contributed by atoms with Crippen molar-refractivity contribution >= 4 is 0 Å². The van der Waals surface area contributed by atoms with Gasteiger partial charge in [-0.1, -0.05) is 30.3 Å². The average Bonchev–Trinajstić information content (AvgIpc) is 2.85. The van der Waals surface area contributed by atoms with E-state index in [0.717, 1.165) is 42.7 Å². The second-order valence-electron chi connectivity index (χ2n) is 7.54. The topological polar surface area (TPSA) is 46.2 Å². The molecule has 0 aliphatic rings. The molecule has 0 aliphatic carbocycles. The summed E-state index contributed by atoms with van der Waals surface area (Å²) in [6.07, 6.45) is 3.73. The first-order valence-electron chi connectivity index (χ1n) is 10.7. The quantitative estimate of drug-likeness (QED) is 0.408. The number of hydrogen-bond donors (Lipinski definition) is 0. The van der Waals surface area contributed by atoms with Crippen LogP contribution in [0.2, 0.25) is 0 Å². The van der Waals surface area contributed by atoms with Gasteiger partial charge < -0.3 is 23.7 Å². The fraction of sp³-hybridized carbons (Fsp3) is 0.333. The largest absolute Gasteiger partial charge is 0.493 e. The lowest BCUT2D eigenvalue weighted by Gasteiger charge is -2.14. The van der Waals surface area contributed by atoms with E-state index in [4.69, 9.17) is 23.7 Å². The SMILES string of the molecule is COc1ccc(CCc2cccc(CCc3cc(OC)c(OC)c(OC)c3)c2)cc1OC. The Balaban J connectivity index is 1.66. The zero-order valence-electron chi connectivity index (χ0n) is 19.6. The Kier molecular flexibility index (Phi) is 8.26. The molecule has 0 aliphatic heterocycles. The van der Waals surface area contributed by atoms with Crippen LogP contribution < -0.4 is 23.7 Å². The van der Waals surface area contributed by atoms with E-state index in [2.05, 4.69) is 30.3 Å². The molecule has 0 saturated heterocycles. The van der Waals surface area contributed by atoms with Crippen molar-refractivity contribution in [2.24, 2.45) is 0 Å². The molecule has 3 rings (SSSR count). The number of rotatable bonds is 11. The highest BCUT2D eigenvalue weighted by Crippen LogP contribution is 2.38. The van der Waals surface area contributed by atoms with Crippen LogP contribution in [0.15, 0.2) is 54.6 Å². The predicted molar refractivity (Wildman–Crippen MR) is 127 cm³/mol. The van der Waals surface area contributed by atoms with Crippen LogP contribution in [-0.2, 0) is 25.7 Å². The van der Waals surface area contributed by atoms with Crippen LogP contribution in [0.5, 0.6) is 28.7 Å². The van der Waals surface area contributed by atoms with Gasteiger partial charge in [0.2, 0.25) is 5.75 Å². The summed E-state index contributed by atoms with van der Waals surface area (Å²) in [6, 6.07) is 18.9. The summed E-state index contributed by atoms with van der Waals surface area (Å²) in [5, 5.41) is 0. The molecule has 5 nitrogen and oxygen atoms in total. The monoisotopic (exact) mass is 436 g/mol. The number of aryl methyl sites for hydroxylation is 4. The van der Waals surface area contributed by atoms with Crippen molar-refractivity contribution < 1.29 is 23.7 Å². The maximum atomic E-state index is 5.47. The Bertz CT molecular complexity index is 1000. The summed E-state index contributed by atoms with van der Waals surface area (Å²) in [5.74, 6) is 3.51. The van der Waals surface area contributed by atoms with Gasteiger partial charge in [-0.3, -0.25) is 0 Å². The van der Waals surface area contributed by atoms with E-state index in [1.54, 1.807) is 35.5 Å². The minimum Gasteiger partial charge on any atom is -0.493 e. The molecule has 170 valence electrons. The van der Waals surface area contributed by atoms with Gasteiger partial charge >= 0.3 is 0 Å². The Hall–Kier alpha value is -3.34. The number of methoxy groups -OCH3 is 5. The second kappa shape index (κ2) is 11.3. The fourth-order valence-corrected chi connectivity index (χ4v) is 3.83. The van der Waals surface area contributed by atoms with Crippen LogP contribution in [0.25, 0.3) is 0 Å². The van der Waals surface area contributed by atoms with Crippen molar-refractivity contribution in [2.75, 3.05) is 35.5 Å². The molecule has 5 heteroatoms. The lowest BCUT2D eigenvalue weighted by molar-refractivity contribution is 0.324. The van der Waals surface area contributed by atoms with Crippen molar-refractivity contribution in [2.45, 2.75) is 25.7 Å². The lowest BCUT2D eigenvalue weighted by Crippen LogP contribution is -1.99. The van der Waals surface area contributed by atoms with Gasteiger partial charge in [-0.25, -0.2) is 0 Å². The van der Waals surface area contributed by atoms with Crippen LogP contribution in [0, 0.1) is 0 Å². The van der Waals surface area contributed by atoms with E-state index in [9.17, 15) is 0 Å². The highest BCUT2D eigenvalue weighted by Gasteiger charge is 2.13. The Labute approximate surface area is 190 Å². The first-order chi connectivity index (χ1) is 15.6. The smallest absolute Gasteiger partial charge is 0.203 e. The molecule has 0 heterocycles. The van der Waals surface area contributed by atoms with E-state index in [-0.39, 0.29) is 0 Å². The third kappa shape index (κ3) is 5.67. The molecule has 0 radical (unpaired) electrons. The molecule has 3 aromatic rings. The zero-order chi connectivity index (χ0) is 22.9. The van der Waals surface area contributed by atoms with Crippen LogP contribution in [0.4, 0.5) is 0 Å². The van der Waals surface area contributed by atoms with Gasteiger partial charge in [0.15, 0.2) is 23.0 Å². The summed E-state index contributed by atoms with van der Waals surface area (Å²) in [5.41, 5.74) is 5.01. The Morgan fingerprint density at radius 3 is 1.41 bits per heavy atom. The average molecular weight is 437 g/mol. The van der Waals surface area contributed by atoms with E-state index < -0.39 is 0 Å². The van der Waals surface area contributed by atoms with E-state index in [1.807, 2.05) is 24.3 Å². The van der Waals surface area contributed by atoms with Crippen LogP contribution in [0.1, 0.15) is 22.3 Å². The van der Waals surface area contributed by atoms with Gasteiger partial charge in [-0.05, 0) is 72.2 Å². The van der Waals surface area contributed by atoms with E-state index >= 15 is 0 Å². The molecule has 0 amide bonds. The maximum Gasteiger partial charge on any atom is 0.203 e. The fourth-order valence-electron chi connectivity index (χ4n) is 3.83. The lowest BCUT2D eigenvalue weighted by atomic mass is 9.99. The number of hydrogen-bond acceptors (Lipinski definition) is 5. The second-order valence-corrected chi connectivity index (χ2v) is 7.54. The molecule has 0 spiro atoms. The molecule has 0 atom stereocenters. The molecule has 0 fully saturated rings. The van der Waals surface area contributed by atoms with Gasteiger partial charge in [-0.2, -0.15) is 0 Å². The van der Waals surface area contributed by atoms with Gasteiger partial charge in [-0.15, -0.1) is 0 Å². The third-order valence-electron chi connectivity index (χ3n) is 5.57. The molecule has 0 saturated carbocycles. The molecule has 0 aromatic heterocycles. The van der Waals surface area contributed by atoms with Gasteiger partial charge in [0.25, 0.3) is 0 Å². The van der Waals surface area contributed by atoms with Crippen LogP contribution in [0.3, 0.4) is 0 Å². The van der Waals surface area contributed by atoms with Crippen molar-refractivity contribution in [1.82, 2.24) is 0 Å². The highest BCUT2D eigenvalue weighted by molar-refractivity contribution is 5.54. The molecular weight excluding hydrogens is 404 g/mol. The zero-order valence-corrected chi connectivity index (χ0v) is 19.6. The summed E-state index contributed by atoms with van der Waals surface area (Å²) >= 11 is 0. The van der Waals surface area contributed by atoms with Gasteiger partial charge in [0, 0.05) is 0 Å². The minimum absolute atomic E-state index is 0.621. The molecule has 0 unspecified atom stereocenters. The number of benzene rings is 3. The van der Waals surface area contributed by atoms with Gasteiger partial charge in [0.1, 0.15) is 0 Å². The number of ether oxygens (including phenoxy) is 5. The third-order valence-corrected chi connectivity index (χ3v) is 5.57. The van der Waals surface area contributed by atoms with Gasteiger partial charge in [0.05, 0.1) is 35.5 Å².